The lowest BCUT2D eigenvalue weighted by Crippen LogP contribution is -2.23. The Morgan fingerprint density at radius 1 is 1.58 bits per heavy atom. The fourth-order valence-electron chi connectivity index (χ4n) is 2.07. The number of hydrazone groups is 1. The Kier molecular flexibility index (Phi) is 4.00. The van der Waals surface area contributed by atoms with E-state index < -0.39 is 0 Å². The molecule has 1 heterocycles. The summed E-state index contributed by atoms with van der Waals surface area (Å²) >= 11 is 0. The van der Waals surface area contributed by atoms with Crippen molar-refractivity contribution < 1.29 is 4.79 Å². The summed E-state index contributed by atoms with van der Waals surface area (Å²) in [6.07, 6.45) is 5.71. The topological polar surface area (TPSA) is 57.2 Å². The largest absolute Gasteiger partial charge is 0.357 e. The first-order chi connectivity index (χ1) is 9.08. The molecule has 1 aromatic rings. The average molecular weight is 257 g/mol. The van der Waals surface area contributed by atoms with E-state index in [-0.39, 0.29) is 5.91 Å². The first kappa shape index (κ1) is 13.3. The predicted molar refractivity (Wildman–Crippen MR) is 77.0 cm³/mol. The summed E-state index contributed by atoms with van der Waals surface area (Å²) in [6, 6.07) is 3.50. The van der Waals surface area contributed by atoms with Crippen LogP contribution in [0.15, 0.2) is 47.2 Å². The van der Waals surface area contributed by atoms with Crippen molar-refractivity contribution in [2.45, 2.75) is 26.7 Å². The maximum atomic E-state index is 11.8. The van der Waals surface area contributed by atoms with Crippen LogP contribution in [-0.4, -0.2) is 16.6 Å². The Morgan fingerprint density at radius 3 is 3.00 bits per heavy atom. The highest BCUT2D eigenvalue weighted by atomic mass is 16.2. The van der Waals surface area contributed by atoms with Crippen molar-refractivity contribution in [2.75, 3.05) is 0 Å². The lowest BCUT2D eigenvalue weighted by atomic mass is 9.85. The standard InChI is InChI=1S/C15H19N3O/c1-10(2)12-7-6-11(3)14(9-12)17-18-15(19)13-5-4-8-16-13/h4-6,8,12,16H,1,7,9H2,2-3H3,(H,18,19)/b17-14-/t12-/m0/s1. The van der Waals surface area contributed by atoms with E-state index in [4.69, 9.17) is 0 Å². The van der Waals surface area contributed by atoms with Crippen molar-refractivity contribution >= 4 is 11.6 Å². The van der Waals surface area contributed by atoms with Crippen LogP contribution < -0.4 is 5.43 Å². The number of rotatable bonds is 3. The number of aromatic amines is 1. The van der Waals surface area contributed by atoms with Gasteiger partial charge in [-0.05, 0) is 50.3 Å². The Morgan fingerprint density at radius 2 is 2.37 bits per heavy atom. The molecule has 0 spiro atoms. The minimum Gasteiger partial charge on any atom is -0.357 e. The fourth-order valence-corrected chi connectivity index (χ4v) is 2.07. The van der Waals surface area contributed by atoms with Gasteiger partial charge in [-0.15, -0.1) is 0 Å². The Bertz CT molecular complexity index is 538. The lowest BCUT2D eigenvalue weighted by molar-refractivity contribution is 0.0950. The zero-order chi connectivity index (χ0) is 13.8. The summed E-state index contributed by atoms with van der Waals surface area (Å²) in [4.78, 5) is 14.6. The molecular weight excluding hydrogens is 238 g/mol. The minimum atomic E-state index is -0.220. The van der Waals surface area contributed by atoms with E-state index in [1.54, 1.807) is 18.3 Å². The molecule has 100 valence electrons. The van der Waals surface area contributed by atoms with Crippen LogP contribution >= 0.6 is 0 Å². The fraction of sp³-hybridized carbons (Fsp3) is 0.333. The van der Waals surface area contributed by atoms with E-state index in [2.05, 4.69) is 28.2 Å². The lowest BCUT2D eigenvalue weighted by Gasteiger charge is -2.22. The van der Waals surface area contributed by atoms with Gasteiger partial charge in [0.2, 0.25) is 0 Å². The molecular formula is C15H19N3O. The molecule has 1 aliphatic carbocycles. The number of aromatic nitrogens is 1. The number of nitrogens with zero attached hydrogens (tertiary/aromatic N) is 1. The van der Waals surface area contributed by atoms with Crippen molar-refractivity contribution in [1.29, 1.82) is 0 Å². The van der Waals surface area contributed by atoms with Crippen LogP contribution in [0.1, 0.15) is 37.2 Å². The molecule has 0 aliphatic heterocycles. The van der Waals surface area contributed by atoms with Gasteiger partial charge in [0.15, 0.2) is 0 Å². The van der Waals surface area contributed by atoms with Crippen molar-refractivity contribution in [1.82, 2.24) is 10.4 Å². The summed E-state index contributed by atoms with van der Waals surface area (Å²) in [7, 11) is 0. The highest BCUT2D eigenvalue weighted by Crippen LogP contribution is 2.26. The molecule has 0 bridgehead atoms. The number of hydrogen-bond acceptors (Lipinski definition) is 2. The number of H-pyrrole nitrogens is 1. The minimum absolute atomic E-state index is 0.220. The first-order valence-corrected chi connectivity index (χ1v) is 6.40. The summed E-state index contributed by atoms with van der Waals surface area (Å²) in [5.41, 5.74) is 6.32. The Labute approximate surface area is 113 Å². The van der Waals surface area contributed by atoms with Gasteiger partial charge in [-0.25, -0.2) is 5.43 Å². The predicted octanol–water partition coefficient (Wildman–Crippen LogP) is 3.03. The van der Waals surface area contributed by atoms with Gasteiger partial charge in [-0.3, -0.25) is 4.79 Å². The molecule has 0 saturated heterocycles. The molecule has 0 saturated carbocycles. The molecule has 0 fully saturated rings. The number of nitrogens with one attached hydrogen (secondary N) is 2. The molecule has 1 aromatic heterocycles. The molecule has 2 N–H and O–H groups in total. The van der Waals surface area contributed by atoms with E-state index in [0.29, 0.717) is 11.6 Å². The molecule has 1 atom stereocenters. The van der Waals surface area contributed by atoms with Gasteiger partial charge in [0.25, 0.3) is 5.91 Å². The normalized spacial score (nSPS) is 21.1. The van der Waals surface area contributed by atoms with Gasteiger partial charge in [0.05, 0.1) is 5.71 Å². The van der Waals surface area contributed by atoms with Crippen LogP contribution in [0.4, 0.5) is 0 Å². The second-order valence-electron chi connectivity index (χ2n) is 4.95. The highest BCUT2D eigenvalue weighted by Gasteiger charge is 2.18. The highest BCUT2D eigenvalue weighted by molar-refractivity contribution is 6.02. The number of hydrogen-bond donors (Lipinski definition) is 2. The third-order valence-electron chi connectivity index (χ3n) is 3.44. The number of allylic oxidation sites excluding steroid dienone is 3. The molecule has 1 aliphatic rings. The molecule has 0 aromatic carbocycles. The Balaban J connectivity index is 2.06. The summed E-state index contributed by atoms with van der Waals surface area (Å²) in [5, 5.41) is 4.24. The van der Waals surface area contributed by atoms with Gasteiger partial charge in [-0.2, -0.15) is 5.10 Å². The van der Waals surface area contributed by atoms with Crippen LogP contribution in [0.3, 0.4) is 0 Å². The summed E-state index contributed by atoms with van der Waals surface area (Å²) < 4.78 is 0. The second kappa shape index (κ2) is 5.69. The molecule has 4 nitrogen and oxygen atoms in total. The first-order valence-electron chi connectivity index (χ1n) is 6.40. The Hall–Kier alpha value is -2.10. The zero-order valence-electron chi connectivity index (χ0n) is 11.4. The number of amides is 1. The van der Waals surface area contributed by atoms with Gasteiger partial charge in [0, 0.05) is 6.20 Å². The third-order valence-corrected chi connectivity index (χ3v) is 3.44. The van der Waals surface area contributed by atoms with Crippen molar-refractivity contribution in [3.63, 3.8) is 0 Å². The van der Waals surface area contributed by atoms with Crippen LogP contribution in [0.25, 0.3) is 0 Å². The zero-order valence-corrected chi connectivity index (χ0v) is 11.4. The quantitative estimate of drug-likeness (QED) is 0.634. The maximum Gasteiger partial charge on any atom is 0.287 e. The van der Waals surface area contributed by atoms with Gasteiger partial charge >= 0.3 is 0 Å². The van der Waals surface area contributed by atoms with Gasteiger partial charge in [0.1, 0.15) is 5.69 Å². The van der Waals surface area contributed by atoms with Gasteiger partial charge in [-0.1, -0.05) is 18.2 Å². The molecule has 2 rings (SSSR count). The monoisotopic (exact) mass is 257 g/mol. The number of carbonyl (C=O) groups is 1. The van der Waals surface area contributed by atoms with Crippen molar-refractivity contribution in [3.8, 4) is 0 Å². The SMILES string of the molecule is C=C(C)[C@H]1CC=C(C)/C(=N\NC(=O)c2ccc[nH]2)C1. The second-order valence-corrected chi connectivity index (χ2v) is 4.95. The summed E-state index contributed by atoms with van der Waals surface area (Å²) in [5.74, 6) is 0.201. The maximum absolute atomic E-state index is 11.8. The van der Waals surface area contributed by atoms with Crippen LogP contribution in [0, 0.1) is 5.92 Å². The molecule has 1 amide bonds. The van der Waals surface area contributed by atoms with E-state index in [0.717, 1.165) is 29.7 Å². The van der Waals surface area contributed by atoms with Crippen LogP contribution in [0.2, 0.25) is 0 Å². The van der Waals surface area contributed by atoms with E-state index in [1.807, 2.05) is 13.8 Å². The molecule has 0 radical (unpaired) electrons. The van der Waals surface area contributed by atoms with E-state index in [9.17, 15) is 4.79 Å². The van der Waals surface area contributed by atoms with Crippen molar-refractivity contribution in [2.24, 2.45) is 11.0 Å². The third kappa shape index (κ3) is 3.22. The van der Waals surface area contributed by atoms with Crippen LogP contribution in [0.5, 0.6) is 0 Å². The molecule has 0 unspecified atom stereocenters. The molecule has 4 heteroatoms. The molecule has 19 heavy (non-hydrogen) atoms. The summed E-state index contributed by atoms with van der Waals surface area (Å²) in [6.45, 7) is 8.06. The van der Waals surface area contributed by atoms with Crippen molar-refractivity contribution in [3.05, 3.63) is 47.8 Å². The van der Waals surface area contributed by atoms with Crippen LogP contribution in [-0.2, 0) is 0 Å². The van der Waals surface area contributed by atoms with E-state index >= 15 is 0 Å². The van der Waals surface area contributed by atoms with Gasteiger partial charge < -0.3 is 4.98 Å². The average Bonchev–Trinajstić information content (AvgIpc) is 2.91. The smallest absolute Gasteiger partial charge is 0.287 e. The number of carbonyl (C=O) groups excluding carboxylic acids is 1. The van der Waals surface area contributed by atoms with E-state index in [1.165, 1.54) is 0 Å².